The Kier molecular flexibility index (Phi) is 4.22. The monoisotopic (exact) mass is 303 g/mol. The van der Waals surface area contributed by atoms with Crippen LogP contribution in [-0.2, 0) is 0 Å². The number of aromatic nitrogens is 1. The second kappa shape index (κ2) is 6.26. The molecule has 10 nitrogen and oxygen atoms in total. The van der Waals surface area contributed by atoms with E-state index in [2.05, 4.69) is 15.5 Å². The van der Waals surface area contributed by atoms with Gasteiger partial charge in [-0.15, -0.1) is 0 Å². The Hall–Kier alpha value is -3.56. The highest BCUT2D eigenvalue weighted by Crippen LogP contribution is 2.28. The second-order valence-corrected chi connectivity index (χ2v) is 3.97. The Morgan fingerprint density at radius 1 is 1.14 bits per heavy atom. The van der Waals surface area contributed by atoms with Gasteiger partial charge in [0.2, 0.25) is 11.6 Å². The minimum absolute atomic E-state index is 0.0836. The van der Waals surface area contributed by atoms with Crippen LogP contribution in [0.4, 0.5) is 17.2 Å². The largest absolute Gasteiger partial charge is 0.502 e. The molecule has 0 spiro atoms. The third-order valence-corrected chi connectivity index (χ3v) is 2.60. The molecule has 0 aliphatic carbocycles. The van der Waals surface area contributed by atoms with Gasteiger partial charge in [0.15, 0.2) is 0 Å². The first kappa shape index (κ1) is 14.8. The summed E-state index contributed by atoms with van der Waals surface area (Å²) < 4.78 is 0. The van der Waals surface area contributed by atoms with Crippen molar-refractivity contribution >= 4 is 23.4 Å². The molecule has 0 fully saturated rings. The Bertz CT molecular complexity index is 761. The lowest BCUT2D eigenvalue weighted by atomic mass is 10.2. The molecule has 0 unspecified atom stereocenters. The van der Waals surface area contributed by atoms with Crippen LogP contribution in [0.5, 0.6) is 5.75 Å². The standard InChI is InChI=1S/C12H9N5O5/c18-11-8(3-1-4-9(11)16(19)20)7-14-15-12-10(17(21)22)5-2-6-13-12/h1-7,18H,(H,13,15)/b14-7-. The lowest BCUT2D eigenvalue weighted by Crippen LogP contribution is -1.99. The molecule has 1 heterocycles. The Morgan fingerprint density at radius 2 is 1.82 bits per heavy atom. The van der Waals surface area contributed by atoms with Crippen LogP contribution >= 0.6 is 0 Å². The lowest BCUT2D eigenvalue weighted by molar-refractivity contribution is -0.385. The summed E-state index contributed by atoms with van der Waals surface area (Å²) in [6.45, 7) is 0. The Balaban J connectivity index is 2.23. The normalized spacial score (nSPS) is 10.5. The average molecular weight is 303 g/mol. The van der Waals surface area contributed by atoms with Crippen LogP contribution in [0.15, 0.2) is 41.6 Å². The van der Waals surface area contributed by atoms with E-state index in [1.165, 1.54) is 30.5 Å². The number of nitrogens with zero attached hydrogens (tertiary/aromatic N) is 4. The molecule has 0 saturated carbocycles. The number of benzene rings is 1. The van der Waals surface area contributed by atoms with Crippen LogP contribution in [0.1, 0.15) is 5.56 Å². The van der Waals surface area contributed by atoms with Crippen molar-refractivity contribution in [3.63, 3.8) is 0 Å². The number of phenolic OH excluding ortho intramolecular Hbond substituents is 1. The maximum atomic E-state index is 10.8. The van der Waals surface area contributed by atoms with E-state index in [4.69, 9.17) is 0 Å². The quantitative estimate of drug-likeness (QED) is 0.488. The zero-order valence-electron chi connectivity index (χ0n) is 10.9. The average Bonchev–Trinajstić information content (AvgIpc) is 2.49. The van der Waals surface area contributed by atoms with Gasteiger partial charge >= 0.3 is 11.4 Å². The highest BCUT2D eigenvalue weighted by molar-refractivity contribution is 5.86. The highest BCUT2D eigenvalue weighted by Gasteiger charge is 2.16. The first-order valence-electron chi connectivity index (χ1n) is 5.85. The predicted octanol–water partition coefficient (Wildman–Crippen LogP) is 2.05. The Morgan fingerprint density at radius 3 is 2.50 bits per heavy atom. The highest BCUT2D eigenvalue weighted by atomic mass is 16.6. The summed E-state index contributed by atoms with van der Waals surface area (Å²) in [5.74, 6) is -0.637. The molecular formula is C12H9N5O5. The smallest absolute Gasteiger partial charge is 0.313 e. The molecule has 10 heteroatoms. The van der Waals surface area contributed by atoms with Crippen molar-refractivity contribution in [2.45, 2.75) is 0 Å². The van der Waals surface area contributed by atoms with Gasteiger partial charge in [0, 0.05) is 23.9 Å². The van der Waals surface area contributed by atoms with Gasteiger partial charge in [-0.05, 0) is 12.1 Å². The molecule has 0 radical (unpaired) electrons. The van der Waals surface area contributed by atoms with Crippen LogP contribution in [0.2, 0.25) is 0 Å². The summed E-state index contributed by atoms with van der Waals surface area (Å²) in [5.41, 5.74) is 1.70. The van der Waals surface area contributed by atoms with E-state index < -0.39 is 21.3 Å². The Labute approximate surface area is 123 Å². The van der Waals surface area contributed by atoms with Crippen LogP contribution in [0, 0.1) is 20.2 Å². The van der Waals surface area contributed by atoms with Crippen molar-refractivity contribution in [1.29, 1.82) is 0 Å². The minimum Gasteiger partial charge on any atom is -0.502 e. The van der Waals surface area contributed by atoms with Gasteiger partial charge in [0.25, 0.3) is 0 Å². The van der Waals surface area contributed by atoms with Crippen molar-refractivity contribution < 1.29 is 15.0 Å². The predicted molar refractivity (Wildman–Crippen MR) is 76.9 cm³/mol. The molecule has 2 rings (SSSR count). The first-order valence-corrected chi connectivity index (χ1v) is 5.85. The van der Waals surface area contributed by atoms with E-state index in [0.717, 1.165) is 12.3 Å². The van der Waals surface area contributed by atoms with Gasteiger partial charge < -0.3 is 5.11 Å². The van der Waals surface area contributed by atoms with Crippen molar-refractivity contribution in [1.82, 2.24) is 4.98 Å². The van der Waals surface area contributed by atoms with E-state index in [1.807, 2.05) is 0 Å². The van der Waals surface area contributed by atoms with E-state index in [-0.39, 0.29) is 17.1 Å². The summed E-state index contributed by atoms with van der Waals surface area (Å²) in [7, 11) is 0. The third kappa shape index (κ3) is 3.12. The van der Waals surface area contributed by atoms with E-state index in [0.29, 0.717) is 0 Å². The summed E-state index contributed by atoms with van der Waals surface area (Å²) in [6, 6.07) is 6.57. The van der Waals surface area contributed by atoms with Gasteiger partial charge in [0.1, 0.15) is 0 Å². The topological polar surface area (TPSA) is 144 Å². The fourth-order valence-corrected chi connectivity index (χ4v) is 1.59. The van der Waals surface area contributed by atoms with E-state index >= 15 is 0 Å². The summed E-state index contributed by atoms with van der Waals surface area (Å²) >= 11 is 0. The molecule has 0 saturated heterocycles. The molecule has 0 aliphatic rings. The number of nitro benzene ring substituents is 1. The zero-order valence-corrected chi connectivity index (χ0v) is 10.9. The molecule has 22 heavy (non-hydrogen) atoms. The van der Waals surface area contributed by atoms with Crippen molar-refractivity contribution in [3.05, 3.63) is 62.3 Å². The maximum Gasteiger partial charge on any atom is 0.313 e. The fraction of sp³-hybridized carbons (Fsp3) is 0. The van der Waals surface area contributed by atoms with Gasteiger partial charge in [-0.25, -0.2) is 4.98 Å². The number of nitro groups is 2. The number of aromatic hydroxyl groups is 1. The molecular weight excluding hydrogens is 294 g/mol. The molecule has 2 aromatic rings. The number of anilines is 1. The number of phenols is 1. The van der Waals surface area contributed by atoms with Crippen LogP contribution in [0.25, 0.3) is 0 Å². The molecule has 0 bridgehead atoms. The van der Waals surface area contributed by atoms with Crippen LogP contribution in [-0.4, -0.2) is 26.2 Å². The van der Waals surface area contributed by atoms with Crippen LogP contribution < -0.4 is 5.43 Å². The molecule has 0 aliphatic heterocycles. The summed E-state index contributed by atoms with van der Waals surface area (Å²) in [4.78, 5) is 23.9. The fourth-order valence-electron chi connectivity index (χ4n) is 1.59. The lowest BCUT2D eigenvalue weighted by Gasteiger charge is -2.01. The molecule has 0 atom stereocenters. The molecule has 1 aromatic heterocycles. The van der Waals surface area contributed by atoms with Crippen molar-refractivity contribution in [2.75, 3.05) is 5.43 Å². The third-order valence-electron chi connectivity index (χ3n) is 2.60. The van der Waals surface area contributed by atoms with Gasteiger partial charge in [-0.1, -0.05) is 6.07 Å². The van der Waals surface area contributed by atoms with Crippen molar-refractivity contribution in [2.24, 2.45) is 5.10 Å². The van der Waals surface area contributed by atoms with Crippen LogP contribution in [0.3, 0.4) is 0 Å². The molecule has 0 amide bonds. The van der Waals surface area contributed by atoms with E-state index in [9.17, 15) is 25.3 Å². The number of rotatable bonds is 5. The zero-order chi connectivity index (χ0) is 16.1. The van der Waals surface area contributed by atoms with Gasteiger partial charge in [-0.3, -0.25) is 25.7 Å². The first-order chi connectivity index (χ1) is 10.5. The molecule has 1 aromatic carbocycles. The SMILES string of the molecule is O=[N+]([O-])c1cccnc1N/N=C\c1cccc([N+](=O)[O-])c1O. The number of nitrogens with one attached hydrogen (secondary N) is 1. The summed E-state index contributed by atoms with van der Waals surface area (Å²) in [6.07, 6.45) is 2.44. The second-order valence-electron chi connectivity index (χ2n) is 3.97. The maximum absolute atomic E-state index is 10.8. The molecule has 2 N–H and O–H groups in total. The number of hydrazone groups is 1. The van der Waals surface area contributed by atoms with E-state index in [1.54, 1.807) is 0 Å². The number of para-hydroxylation sites is 1. The minimum atomic E-state index is -0.732. The summed E-state index contributed by atoms with van der Waals surface area (Å²) in [5, 5.41) is 34.9. The molecule has 112 valence electrons. The number of hydrogen-bond acceptors (Lipinski definition) is 8. The van der Waals surface area contributed by atoms with Crippen molar-refractivity contribution in [3.8, 4) is 5.75 Å². The van der Waals surface area contributed by atoms with Gasteiger partial charge in [-0.2, -0.15) is 5.10 Å². The van der Waals surface area contributed by atoms with Gasteiger partial charge in [0.05, 0.1) is 16.1 Å². The number of hydrogen-bond donors (Lipinski definition) is 2. The number of pyridine rings is 1.